The van der Waals surface area contributed by atoms with Gasteiger partial charge in [-0.2, -0.15) is 0 Å². The minimum atomic E-state index is -0.296. The average molecular weight is 360 g/mol. The van der Waals surface area contributed by atoms with Crippen LogP contribution in [0.3, 0.4) is 0 Å². The van der Waals surface area contributed by atoms with E-state index in [2.05, 4.69) is 21.2 Å². The first-order valence-electron chi connectivity index (χ1n) is 5.28. The standard InChI is InChI=1S/C13H9BrCl2N2O/c14-8-3-7(4-9(15)5-8)13(19)18-12-2-1-10(17)6-11(12)16/h1-6H,17H2,(H,18,19). The van der Waals surface area contributed by atoms with Crippen LogP contribution in [0.5, 0.6) is 0 Å². The Kier molecular flexibility index (Phi) is 4.34. The van der Waals surface area contributed by atoms with E-state index in [1.165, 1.54) is 0 Å². The Labute approximate surface area is 128 Å². The molecule has 0 spiro atoms. The number of anilines is 2. The molecule has 0 fully saturated rings. The molecule has 0 atom stereocenters. The maximum absolute atomic E-state index is 12.1. The van der Waals surface area contributed by atoms with Crippen LogP contribution < -0.4 is 11.1 Å². The van der Waals surface area contributed by atoms with Crippen molar-refractivity contribution in [3.05, 3.63) is 56.5 Å². The molecule has 0 unspecified atom stereocenters. The molecule has 0 saturated carbocycles. The van der Waals surface area contributed by atoms with Crippen LogP contribution in [-0.2, 0) is 0 Å². The number of nitrogen functional groups attached to an aromatic ring is 1. The van der Waals surface area contributed by atoms with Gasteiger partial charge in [0.2, 0.25) is 0 Å². The molecule has 0 aromatic heterocycles. The first kappa shape index (κ1) is 14.2. The number of amides is 1. The van der Waals surface area contributed by atoms with Crippen molar-refractivity contribution in [2.75, 3.05) is 11.1 Å². The predicted octanol–water partition coefficient (Wildman–Crippen LogP) is 4.59. The Hall–Kier alpha value is -1.23. The summed E-state index contributed by atoms with van der Waals surface area (Å²) in [5.41, 5.74) is 7.06. The topological polar surface area (TPSA) is 55.1 Å². The van der Waals surface area contributed by atoms with Crippen LogP contribution in [0.25, 0.3) is 0 Å². The van der Waals surface area contributed by atoms with Crippen molar-refractivity contribution in [1.29, 1.82) is 0 Å². The van der Waals surface area contributed by atoms with Crippen molar-refractivity contribution in [1.82, 2.24) is 0 Å². The van der Waals surface area contributed by atoms with Gasteiger partial charge in [0.1, 0.15) is 0 Å². The van der Waals surface area contributed by atoms with Gasteiger partial charge in [0.25, 0.3) is 5.91 Å². The zero-order valence-corrected chi connectivity index (χ0v) is 12.7. The molecule has 0 aliphatic rings. The summed E-state index contributed by atoms with van der Waals surface area (Å²) in [6.07, 6.45) is 0. The highest BCUT2D eigenvalue weighted by Gasteiger charge is 2.10. The number of nitrogens with one attached hydrogen (secondary N) is 1. The number of nitrogens with two attached hydrogens (primary N) is 1. The maximum atomic E-state index is 12.1. The van der Waals surface area contributed by atoms with E-state index >= 15 is 0 Å². The normalized spacial score (nSPS) is 10.3. The Bertz CT molecular complexity index is 626. The zero-order chi connectivity index (χ0) is 14.0. The Balaban J connectivity index is 2.25. The van der Waals surface area contributed by atoms with E-state index in [1.54, 1.807) is 36.4 Å². The molecule has 2 aromatic rings. The average Bonchev–Trinajstić information content (AvgIpc) is 2.31. The van der Waals surface area contributed by atoms with Gasteiger partial charge in [0.05, 0.1) is 10.7 Å². The van der Waals surface area contributed by atoms with E-state index < -0.39 is 0 Å². The molecule has 1 amide bonds. The Morgan fingerprint density at radius 3 is 2.53 bits per heavy atom. The second-order valence-electron chi connectivity index (χ2n) is 3.85. The van der Waals surface area contributed by atoms with Crippen molar-refractivity contribution >= 4 is 56.4 Å². The summed E-state index contributed by atoms with van der Waals surface area (Å²) in [7, 11) is 0. The van der Waals surface area contributed by atoms with Crippen LogP contribution >= 0.6 is 39.1 Å². The molecule has 0 bridgehead atoms. The fraction of sp³-hybridized carbons (Fsp3) is 0. The van der Waals surface area contributed by atoms with Crippen LogP contribution in [0, 0.1) is 0 Å². The van der Waals surface area contributed by atoms with E-state index in [1.807, 2.05) is 0 Å². The number of rotatable bonds is 2. The minimum Gasteiger partial charge on any atom is -0.399 e. The largest absolute Gasteiger partial charge is 0.399 e. The summed E-state index contributed by atoms with van der Waals surface area (Å²) in [4.78, 5) is 12.1. The third-order valence-electron chi connectivity index (χ3n) is 2.37. The molecule has 3 N–H and O–H groups in total. The monoisotopic (exact) mass is 358 g/mol. The van der Waals surface area contributed by atoms with Gasteiger partial charge < -0.3 is 11.1 Å². The van der Waals surface area contributed by atoms with Gasteiger partial charge in [-0.1, -0.05) is 39.1 Å². The molecule has 0 aliphatic carbocycles. The van der Waals surface area contributed by atoms with Crippen LogP contribution in [0.1, 0.15) is 10.4 Å². The predicted molar refractivity (Wildman–Crippen MR) is 83.0 cm³/mol. The lowest BCUT2D eigenvalue weighted by molar-refractivity contribution is 0.102. The Morgan fingerprint density at radius 2 is 1.89 bits per heavy atom. The number of carbonyl (C=O) groups is 1. The fourth-order valence-electron chi connectivity index (χ4n) is 1.51. The van der Waals surface area contributed by atoms with Gasteiger partial charge in [0, 0.05) is 20.7 Å². The molecule has 0 heterocycles. The van der Waals surface area contributed by atoms with Crippen molar-refractivity contribution in [3.63, 3.8) is 0 Å². The second kappa shape index (κ2) is 5.82. The zero-order valence-electron chi connectivity index (χ0n) is 9.58. The lowest BCUT2D eigenvalue weighted by Crippen LogP contribution is -2.12. The first-order valence-corrected chi connectivity index (χ1v) is 6.83. The van der Waals surface area contributed by atoms with Gasteiger partial charge in [-0.25, -0.2) is 0 Å². The van der Waals surface area contributed by atoms with Crippen molar-refractivity contribution in [2.24, 2.45) is 0 Å². The number of benzene rings is 2. The van der Waals surface area contributed by atoms with Gasteiger partial charge in [0.15, 0.2) is 0 Å². The van der Waals surface area contributed by atoms with Crippen LogP contribution in [0.2, 0.25) is 10.0 Å². The molecule has 6 heteroatoms. The van der Waals surface area contributed by atoms with Gasteiger partial charge in [-0.15, -0.1) is 0 Å². The van der Waals surface area contributed by atoms with Gasteiger partial charge in [-0.3, -0.25) is 4.79 Å². The number of hydrogen-bond donors (Lipinski definition) is 2. The van der Waals surface area contributed by atoms with Crippen molar-refractivity contribution in [2.45, 2.75) is 0 Å². The number of hydrogen-bond acceptors (Lipinski definition) is 2. The molecule has 0 radical (unpaired) electrons. The van der Waals surface area contributed by atoms with E-state index in [-0.39, 0.29) is 5.91 Å². The molecular formula is C13H9BrCl2N2O. The minimum absolute atomic E-state index is 0.296. The number of carbonyl (C=O) groups excluding carboxylic acids is 1. The molecule has 2 rings (SSSR count). The quantitative estimate of drug-likeness (QED) is 0.770. The van der Waals surface area contributed by atoms with Gasteiger partial charge in [-0.05, 0) is 36.4 Å². The van der Waals surface area contributed by atoms with Crippen molar-refractivity contribution < 1.29 is 4.79 Å². The van der Waals surface area contributed by atoms with Crippen molar-refractivity contribution in [3.8, 4) is 0 Å². The second-order valence-corrected chi connectivity index (χ2v) is 5.61. The molecule has 0 saturated heterocycles. The summed E-state index contributed by atoms with van der Waals surface area (Å²) >= 11 is 15.2. The summed E-state index contributed by atoms with van der Waals surface area (Å²) in [5.74, 6) is -0.296. The summed E-state index contributed by atoms with van der Waals surface area (Å²) in [5, 5.41) is 3.56. The molecule has 98 valence electrons. The fourth-order valence-corrected chi connectivity index (χ4v) is 2.61. The summed E-state index contributed by atoms with van der Waals surface area (Å²) < 4.78 is 0.730. The van der Waals surface area contributed by atoms with E-state index in [0.717, 1.165) is 4.47 Å². The molecule has 2 aromatic carbocycles. The SMILES string of the molecule is Nc1ccc(NC(=O)c2cc(Cl)cc(Br)c2)c(Cl)c1. The maximum Gasteiger partial charge on any atom is 0.255 e. The first-order chi connectivity index (χ1) is 8.95. The summed E-state index contributed by atoms with van der Waals surface area (Å²) in [6, 6.07) is 9.84. The van der Waals surface area contributed by atoms with Crippen LogP contribution in [0.15, 0.2) is 40.9 Å². The highest BCUT2D eigenvalue weighted by atomic mass is 79.9. The van der Waals surface area contributed by atoms with Gasteiger partial charge >= 0.3 is 0 Å². The number of halogens is 3. The Morgan fingerprint density at radius 1 is 1.16 bits per heavy atom. The third kappa shape index (κ3) is 3.62. The molecule has 0 aliphatic heterocycles. The van der Waals surface area contributed by atoms with E-state index in [4.69, 9.17) is 28.9 Å². The molecular weight excluding hydrogens is 351 g/mol. The summed E-state index contributed by atoms with van der Waals surface area (Å²) in [6.45, 7) is 0. The highest BCUT2D eigenvalue weighted by Crippen LogP contribution is 2.25. The third-order valence-corrected chi connectivity index (χ3v) is 3.35. The van der Waals surface area contributed by atoms with E-state index in [0.29, 0.717) is 27.0 Å². The van der Waals surface area contributed by atoms with E-state index in [9.17, 15) is 4.79 Å². The highest BCUT2D eigenvalue weighted by molar-refractivity contribution is 9.10. The smallest absolute Gasteiger partial charge is 0.255 e. The lowest BCUT2D eigenvalue weighted by atomic mass is 10.2. The van der Waals surface area contributed by atoms with Crippen LogP contribution in [-0.4, -0.2) is 5.91 Å². The molecule has 19 heavy (non-hydrogen) atoms. The van der Waals surface area contributed by atoms with Crippen LogP contribution in [0.4, 0.5) is 11.4 Å². The molecule has 3 nitrogen and oxygen atoms in total. The lowest BCUT2D eigenvalue weighted by Gasteiger charge is -2.08.